The number of hydrogen-bond donors (Lipinski definition) is 3. The Kier molecular flexibility index (Phi) is 23.8. The molecule has 2 saturated heterocycles. The van der Waals surface area contributed by atoms with Gasteiger partial charge in [-0.15, -0.1) is 34.0 Å². The van der Waals surface area contributed by atoms with Crippen LogP contribution < -0.4 is 40.4 Å². The van der Waals surface area contributed by atoms with Gasteiger partial charge >= 0.3 is 0 Å². The predicted molar refractivity (Wildman–Crippen MR) is 501 cm³/mol. The van der Waals surface area contributed by atoms with E-state index in [9.17, 15) is 43.2 Å². The van der Waals surface area contributed by atoms with E-state index < -0.39 is 0 Å². The van der Waals surface area contributed by atoms with Crippen LogP contribution in [0.2, 0.25) is 0 Å². The topological polar surface area (TPSA) is 232 Å². The second-order valence-corrected chi connectivity index (χ2v) is 36.8. The lowest BCUT2D eigenvalue weighted by atomic mass is 9.99. The second kappa shape index (κ2) is 36.4. The summed E-state index contributed by atoms with van der Waals surface area (Å²) in [6, 6.07) is 74.5. The highest BCUT2D eigenvalue weighted by atomic mass is 32.1. The third-order valence-corrected chi connectivity index (χ3v) is 28.5. The monoisotopic (exact) mass is 1720 g/mol. The van der Waals surface area contributed by atoms with Crippen molar-refractivity contribution >= 4 is 132 Å². The van der Waals surface area contributed by atoms with Crippen LogP contribution in [0, 0.1) is 17.8 Å². The number of para-hydroxylation sites is 3. The number of rotatable bonds is 22. The van der Waals surface area contributed by atoms with Gasteiger partial charge in [0, 0.05) is 160 Å². The summed E-state index contributed by atoms with van der Waals surface area (Å²) in [6.07, 6.45) is 18.8. The van der Waals surface area contributed by atoms with Crippen molar-refractivity contribution in [3.63, 3.8) is 0 Å². The molecular weight excluding hydrogens is 1630 g/mol. The second-order valence-electron chi connectivity index (χ2n) is 33.7. The number of nitrogens with one attached hydrogen (secondary N) is 3. The smallest absolute Gasteiger partial charge is 0.274 e. The molecule has 3 aliphatic carbocycles. The Bertz CT molecular complexity index is 6380. The molecule has 10 heterocycles. The van der Waals surface area contributed by atoms with E-state index in [1.165, 1.54) is 0 Å². The quantitative estimate of drug-likeness (QED) is 0.0537. The lowest BCUT2D eigenvalue weighted by molar-refractivity contribution is 0.0971. The van der Waals surface area contributed by atoms with Crippen molar-refractivity contribution in [2.45, 2.75) is 96.3 Å². The van der Waals surface area contributed by atoms with Crippen molar-refractivity contribution in [2.75, 3.05) is 86.3 Å². The van der Waals surface area contributed by atoms with E-state index in [0.29, 0.717) is 133 Å². The van der Waals surface area contributed by atoms with Crippen LogP contribution in [0.1, 0.15) is 190 Å². The summed E-state index contributed by atoms with van der Waals surface area (Å²) in [7, 11) is 0. The van der Waals surface area contributed by atoms with Crippen molar-refractivity contribution in [2.24, 2.45) is 17.8 Å². The fraction of sp³-hybridized carbons (Fsp3) is 0.240. The number of carbonyl (C=O) groups excluding carboxylic acids is 9. The lowest BCUT2D eigenvalue weighted by Crippen LogP contribution is -2.38. The first-order chi connectivity index (χ1) is 61.6. The van der Waals surface area contributed by atoms with Crippen molar-refractivity contribution in [3.8, 4) is 31.3 Å². The van der Waals surface area contributed by atoms with Crippen LogP contribution in [-0.2, 0) is 25.7 Å². The first kappa shape index (κ1) is 82.2. The normalized spacial score (nSPS) is 15.1. The van der Waals surface area contributed by atoms with Gasteiger partial charge < -0.3 is 40.4 Å². The van der Waals surface area contributed by atoms with Crippen LogP contribution in [0.15, 0.2) is 255 Å². The SMILES string of the molecule is O=C(CC1CC1)c1cc2c(s1)-c1ccccc1N(C(=O)c1ccc(NC(=O)c3ccccc3Cc3ccccc3)cc1)CC2.O=C(CC1CC1)c1cc2c(s1)-c1ccccc1N(C(=O)c1ccc(NC(=O)c3cnccc3N3CCC3)cc1)CC2.O=C(Nc1ccc(C(=O)N2CCc3cc(C(=O)CC4CC4)sc3-c3ccccc32)cc1)c1cc(N2CCC2)ccn1. The van der Waals surface area contributed by atoms with Gasteiger partial charge in [0.1, 0.15) is 5.69 Å². The summed E-state index contributed by atoms with van der Waals surface area (Å²) in [6.45, 7) is 5.44. The van der Waals surface area contributed by atoms with E-state index in [-0.39, 0.29) is 52.8 Å². The van der Waals surface area contributed by atoms with Crippen LogP contribution in [0.4, 0.5) is 45.5 Å². The molecule has 0 radical (unpaired) electrons. The fourth-order valence-corrected chi connectivity index (χ4v) is 20.5. The Morgan fingerprint density at radius 3 is 1.16 bits per heavy atom. The van der Waals surface area contributed by atoms with Gasteiger partial charge in [0.05, 0.1) is 42.9 Å². The molecule has 22 heteroatoms. The van der Waals surface area contributed by atoms with Crippen molar-refractivity contribution < 1.29 is 43.2 Å². The van der Waals surface area contributed by atoms with Gasteiger partial charge in [0.2, 0.25) is 0 Å². The molecule has 5 fully saturated rings. The van der Waals surface area contributed by atoms with E-state index in [0.717, 1.165) is 180 Å². The summed E-state index contributed by atoms with van der Waals surface area (Å²) < 4.78 is 0. The van der Waals surface area contributed by atoms with Crippen molar-refractivity contribution in [3.05, 3.63) is 331 Å². The summed E-state index contributed by atoms with van der Waals surface area (Å²) in [5, 5.41) is 8.86. The molecule has 6 amide bonds. The zero-order valence-corrected chi connectivity index (χ0v) is 72.0. The first-order valence-electron chi connectivity index (χ1n) is 43.6. The molecule has 8 aliphatic rings. The van der Waals surface area contributed by atoms with Crippen LogP contribution >= 0.6 is 34.0 Å². The van der Waals surface area contributed by atoms with Gasteiger partial charge in [-0.05, 0) is 256 Å². The van der Waals surface area contributed by atoms with Gasteiger partial charge in [-0.25, -0.2) is 0 Å². The zero-order chi connectivity index (χ0) is 85.9. The zero-order valence-electron chi connectivity index (χ0n) is 69.6. The lowest BCUT2D eigenvalue weighted by Gasteiger charge is -2.34. The molecule has 126 heavy (non-hydrogen) atoms. The summed E-state index contributed by atoms with van der Waals surface area (Å²) in [5.41, 5.74) is 17.9. The predicted octanol–water partition coefficient (Wildman–Crippen LogP) is 21.4. The average molecular weight is 1720 g/mol. The van der Waals surface area contributed by atoms with E-state index in [1.807, 2.05) is 166 Å². The van der Waals surface area contributed by atoms with Crippen LogP contribution in [0.5, 0.6) is 0 Å². The molecule has 19 nitrogen and oxygen atoms in total. The highest BCUT2D eigenvalue weighted by molar-refractivity contribution is 7.18. The van der Waals surface area contributed by atoms with Gasteiger partial charge in [-0.2, -0.15) is 0 Å². The summed E-state index contributed by atoms with van der Waals surface area (Å²) in [4.78, 5) is 143. The number of thiophene rings is 3. The van der Waals surface area contributed by atoms with Crippen LogP contribution in [0.25, 0.3) is 31.3 Å². The number of aromatic nitrogens is 2. The molecule has 630 valence electrons. The first-order valence-corrected chi connectivity index (χ1v) is 46.0. The maximum atomic E-state index is 13.9. The van der Waals surface area contributed by atoms with Gasteiger partial charge in [-0.1, -0.05) is 103 Å². The highest BCUT2D eigenvalue weighted by Crippen LogP contribution is 2.48. The number of amides is 6. The van der Waals surface area contributed by atoms with Crippen LogP contribution in [0.3, 0.4) is 0 Å². The van der Waals surface area contributed by atoms with E-state index in [1.54, 1.807) is 125 Å². The summed E-state index contributed by atoms with van der Waals surface area (Å²) in [5.74, 6) is 1.42. The van der Waals surface area contributed by atoms with Gasteiger partial charge in [-0.3, -0.25) is 53.1 Å². The number of hydrogen-bond acceptors (Lipinski definition) is 16. The van der Waals surface area contributed by atoms with Gasteiger partial charge in [0.25, 0.3) is 35.4 Å². The molecule has 0 bridgehead atoms. The largest absolute Gasteiger partial charge is 0.371 e. The number of fused-ring (bicyclic) bond motifs is 9. The molecular formula is C104H92N10O9S3. The maximum absolute atomic E-state index is 13.9. The standard InChI is InChI=1S/C38H32N2O3S.2C33H30N4O3S/c41-34(23-26-14-15-26)35-24-29-20-21-40(33-13-7-6-12-32(33)36(29)44-35)38(43)27-16-18-30(19-17-27)39-37(42)31-11-5-4-10-28(31)22-25-8-2-1-3-9-25;38-29(18-21-6-7-21)30-19-23-13-17-37(28-5-2-1-4-26(28)31(23)41-30)33(40)22-8-10-24(11-9-22)35-32(39)27-20-25(12-14-34-27)36-15-3-16-36;38-29(18-21-6-7-21)30-19-23-13-17-37(28-5-2-1-4-25(28)31(23)41-30)33(40)22-8-10-24(11-9-22)35-32(39)26-20-34-14-12-27(26)36-15-3-16-36/h1-13,16-19,24,26H,14-15,20-23H2,(H,39,42);2*1-2,4-5,8-12,14,19-21H,3,6-7,13,15-18H2,(H,35,39). The Balaban J connectivity index is 0.000000124. The number of carbonyl (C=O) groups is 9. The number of ketones is 3. The Labute approximate surface area is 743 Å². The molecule has 5 aromatic heterocycles. The Morgan fingerprint density at radius 1 is 0.357 bits per heavy atom. The van der Waals surface area contributed by atoms with E-state index >= 15 is 0 Å². The van der Waals surface area contributed by atoms with Crippen molar-refractivity contribution in [1.29, 1.82) is 0 Å². The number of nitrogens with zero attached hydrogens (tertiary/aromatic N) is 7. The van der Waals surface area contributed by atoms with E-state index in [2.05, 4.69) is 47.9 Å². The minimum atomic E-state index is -0.283. The molecule has 0 spiro atoms. The van der Waals surface area contributed by atoms with E-state index in [4.69, 9.17) is 0 Å². The third kappa shape index (κ3) is 18.3. The van der Waals surface area contributed by atoms with Gasteiger partial charge in [0.15, 0.2) is 17.3 Å². The number of anilines is 8. The number of pyridine rings is 2. The summed E-state index contributed by atoms with van der Waals surface area (Å²) >= 11 is 4.67. The molecule has 0 unspecified atom stereocenters. The minimum Gasteiger partial charge on any atom is -0.371 e. The third-order valence-electron chi connectivity index (χ3n) is 24.7. The minimum absolute atomic E-state index is 0.0938. The molecule has 8 aromatic carbocycles. The van der Waals surface area contributed by atoms with Crippen molar-refractivity contribution in [1.82, 2.24) is 9.97 Å². The average Bonchev–Trinajstić information content (AvgIpc) is 1.63. The molecule has 0 atom stereocenters. The molecule has 5 aliphatic heterocycles. The molecule has 21 rings (SSSR count). The Hall–Kier alpha value is -13.4. The molecule has 13 aromatic rings. The molecule has 3 saturated carbocycles. The Morgan fingerprint density at radius 2 is 0.746 bits per heavy atom. The molecule has 3 N–H and O–H groups in total. The van der Waals surface area contributed by atoms with Crippen LogP contribution in [-0.4, -0.2) is 109 Å². The maximum Gasteiger partial charge on any atom is 0.274 e. The highest BCUT2D eigenvalue weighted by Gasteiger charge is 2.36. The number of Topliss-reactive ketones (excluding diaryl/α,β-unsaturated/α-hetero) is 3. The number of benzene rings is 8. The fourth-order valence-electron chi connectivity index (χ4n) is 17.0.